The summed E-state index contributed by atoms with van der Waals surface area (Å²) in [5.41, 5.74) is 0. The Kier molecular flexibility index (Phi) is 5.29. The molecule has 2 rings (SSSR count). The molecule has 4 heteroatoms. The lowest BCUT2D eigenvalue weighted by molar-refractivity contribution is 0.0115. The Morgan fingerprint density at radius 2 is 2.44 bits per heavy atom. The highest BCUT2D eigenvalue weighted by Gasteiger charge is 2.12. The van der Waals surface area contributed by atoms with Crippen molar-refractivity contribution in [3.63, 3.8) is 0 Å². The quantitative estimate of drug-likeness (QED) is 0.840. The van der Waals surface area contributed by atoms with E-state index >= 15 is 0 Å². The molecule has 1 aliphatic heterocycles. The van der Waals surface area contributed by atoms with Crippen molar-refractivity contribution in [2.45, 2.75) is 38.3 Å². The standard InChI is InChI=1S/C12H18BrNOS/c13-11-5-8-16-12(11)9-14-6-4-10-3-1-2-7-15-10/h5,8,10,14H,1-4,6-7,9H2. The predicted octanol–water partition coefficient (Wildman–Crippen LogP) is 3.56. The molecule has 1 fully saturated rings. The molecule has 2 heterocycles. The Balaban J connectivity index is 1.59. The Bertz CT molecular complexity index is 310. The van der Waals surface area contributed by atoms with E-state index in [1.165, 1.54) is 28.6 Å². The second-order valence-corrected chi connectivity index (χ2v) is 6.00. The highest BCUT2D eigenvalue weighted by molar-refractivity contribution is 9.10. The molecule has 0 bridgehead atoms. The summed E-state index contributed by atoms with van der Waals surface area (Å²) in [4.78, 5) is 1.38. The molecule has 0 aromatic carbocycles. The van der Waals surface area contributed by atoms with Gasteiger partial charge in [0.1, 0.15) is 0 Å². The first-order chi connectivity index (χ1) is 7.86. The molecule has 1 aromatic rings. The van der Waals surface area contributed by atoms with Gasteiger partial charge >= 0.3 is 0 Å². The maximum atomic E-state index is 5.69. The summed E-state index contributed by atoms with van der Waals surface area (Å²) in [5.74, 6) is 0. The van der Waals surface area contributed by atoms with Gasteiger partial charge in [0.15, 0.2) is 0 Å². The van der Waals surface area contributed by atoms with E-state index < -0.39 is 0 Å². The zero-order valence-corrected chi connectivity index (χ0v) is 11.8. The van der Waals surface area contributed by atoms with Gasteiger partial charge in [0, 0.05) is 22.5 Å². The molecule has 0 amide bonds. The van der Waals surface area contributed by atoms with E-state index in [0.717, 1.165) is 26.1 Å². The number of halogens is 1. The predicted molar refractivity (Wildman–Crippen MR) is 71.9 cm³/mol. The topological polar surface area (TPSA) is 21.3 Å². The molecule has 0 radical (unpaired) electrons. The first-order valence-corrected chi connectivity index (χ1v) is 7.58. The van der Waals surface area contributed by atoms with E-state index in [0.29, 0.717) is 6.10 Å². The van der Waals surface area contributed by atoms with Crippen LogP contribution in [0.25, 0.3) is 0 Å². The summed E-state index contributed by atoms with van der Waals surface area (Å²) in [6, 6.07) is 2.10. The summed E-state index contributed by atoms with van der Waals surface area (Å²) in [6.45, 7) is 2.97. The lowest BCUT2D eigenvalue weighted by Gasteiger charge is -2.22. The Morgan fingerprint density at radius 3 is 3.12 bits per heavy atom. The lowest BCUT2D eigenvalue weighted by Crippen LogP contribution is -2.25. The molecule has 0 spiro atoms. The van der Waals surface area contributed by atoms with Crippen molar-refractivity contribution in [2.75, 3.05) is 13.2 Å². The summed E-state index contributed by atoms with van der Waals surface area (Å²) in [6.07, 6.45) is 5.45. The molecule has 1 atom stereocenters. The van der Waals surface area contributed by atoms with Crippen LogP contribution in [0.3, 0.4) is 0 Å². The van der Waals surface area contributed by atoms with Gasteiger partial charge in [-0.05, 0) is 59.6 Å². The number of ether oxygens (including phenoxy) is 1. The molecule has 0 saturated carbocycles. The van der Waals surface area contributed by atoms with Gasteiger partial charge in [0.2, 0.25) is 0 Å². The smallest absolute Gasteiger partial charge is 0.0587 e. The average Bonchev–Trinajstić information content (AvgIpc) is 2.72. The van der Waals surface area contributed by atoms with Gasteiger partial charge in [-0.3, -0.25) is 0 Å². The van der Waals surface area contributed by atoms with Crippen LogP contribution in [-0.2, 0) is 11.3 Å². The van der Waals surface area contributed by atoms with Crippen molar-refractivity contribution >= 4 is 27.3 Å². The van der Waals surface area contributed by atoms with Crippen LogP contribution >= 0.6 is 27.3 Å². The fraction of sp³-hybridized carbons (Fsp3) is 0.667. The van der Waals surface area contributed by atoms with E-state index in [1.807, 2.05) is 0 Å². The van der Waals surface area contributed by atoms with E-state index in [9.17, 15) is 0 Å². The lowest BCUT2D eigenvalue weighted by atomic mass is 10.1. The van der Waals surface area contributed by atoms with Gasteiger partial charge in [-0.15, -0.1) is 11.3 Å². The third kappa shape index (κ3) is 3.84. The van der Waals surface area contributed by atoms with Crippen LogP contribution in [0, 0.1) is 0 Å². The third-order valence-electron chi connectivity index (χ3n) is 2.89. The molecule has 0 aliphatic carbocycles. The minimum Gasteiger partial charge on any atom is -0.378 e. The normalized spacial score (nSPS) is 21.2. The van der Waals surface area contributed by atoms with Gasteiger partial charge in [-0.25, -0.2) is 0 Å². The van der Waals surface area contributed by atoms with Crippen molar-refractivity contribution in [3.8, 4) is 0 Å². The number of rotatable bonds is 5. The summed E-state index contributed by atoms with van der Waals surface area (Å²) in [5, 5.41) is 5.59. The third-order valence-corrected chi connectivity index (χ3v) is 4.82. The van der Waals surface area contributed by atoms with Crippen molar-refractivity contribution < 1.29 is 4.74 Å². The first-order valence-electron chi connectivity index (χ1n) is 5.90. The number of thiophene rings is 1. The largest absolute Gasteiger partial charge is 0.378 e. The number of hydrogen-bond acceptors (Lipinski definition) is 3. The summed E-state index contributed by atoms with van der Waals surface area (Å²) >= 11 is 5.34. The van der Waals surface area contributed by atoms with Crippen molar-refractivity contribution in [3.05, 3.63) is 20.8 Å². The fourth-order valence-electron chi connectivity index (χ4n) is 1.95. The molecule has 1 saturated heterocycles. The molecular weight excluding hydrogens is 286 g/mol. The van der Waals surface area contributed by atoms with Crippen molar-refractivity contribution in [1.29, 1.82) is 0 Å². The summed E-state index contributed by atoms with van der Waals surface area (Å²) < 4.78 is 6.91. The molecule has 1 aliphatic rings. The van der Waals surface area contributed by atoms with Crippen molar-refractivity contribution in [1.82, 2.24) is 5.32 Å². The van der Waals surface area contributed by atoms with Crippen molar-refractivity contribution in [2.24, 2.45) is 0 Å². The van der Waals surface area contributed by atoms with Gasteiger partial charge in [-0.1, -0.05) is 0 Å². The monoisotopic (exact) mass is 303 g/mol. The Labute approximate surface area is 110 Å². The first kappa shape index (κ1) is 12.6. The Morgan fingerprint density at radius 1 is 1.50 bits per heavy atom. The second kappa shape index (κ2) is 6.74. The van der Waals surface area contributed by atoms with E-state index in [4.69, 9.17) is 4.74 Å². The van der Waals surface area contributed by atoms with E-state index in [2.05, 4.69) is 32.7 Å². The molecule has 2 nitrogen and oxygen atoms in total. The highest BCUT2D eigenvalue weighted by Crippen LogP contribution is 2.22. The molecule has 16 heavy (non-hydrogen) atoms. The maximum absolute atomic E-state index is 5.69. The average molecular weight is 304 g/mol. The molecule has 1 aromatic heterocycles. The van der Waals surface area contributed by atoms with Gasteiger partial charge < -0.3 is 10.1 Å². The van der Waals surface area contributed by atoms with E-state index in [1.54, 1.807) is 11.3 Å². The SMILES string of the molecule is Brc1ccsc1CNCCC1CCCCO1. The van der Waals surface area contributed by atoms with Crippen LogP contribution in [0.5, 0.6) is 0 Å². The highest BCUT2D eigenvalue weighted by atomic mass is 79.9. The zero-order valence-electron chi connectivity index (χ0n) is 9.38. The minimum absolute atomic E-state index is 0.494. The molecule has 1 N–H and O–H groups in total. The van der Waals surface area contributed by atoms with Crippen LogP contribution in [0.2, 0.25) is 0 Å². The van der Waals surface area contributed by atoms with Crippen LogP contribution in [0.15, 0.2) is 15.9 Å². The van der Waals surface area contributed by atoms with Crippen LogP contribution < -0.4 is 5.32 Å². The number of nitrogens with one attached hydrogen (secondary N) is 1. The molecule has 90 valence electrons. The van der Waals surface area contributed by atoms with Gasteiger partial charge in [0.25, 0.3) is 0 Å². The maximum Gasteiger partial charge on any atom is 0.0587 e. The van der Waals surface area contributed by atoms with Gasteiger partial charge in [0.05, 0.1) is 6.10 Å². The van der Waals surface area contributed by atoms with E-state index in [-0.39, 0.29) is 0 Å². The van der Waals surface area contributed by atoms with Crippen LogP contribution in [0.1, 0.15) is 30.6 Å². The zero-order chi connectivity index (χ0) is 11.2. The second-order valence-electron chi connectivity index (χ2n) is 4.15. The van der Waals surface area contributed by atoms with Gasteiger partial charge in [-0.2, -0.15) is 0 Å². The fourth-order valence-corrected chi connectivity index (χ4v) is 3.41. The minimum atomic E-state index is 0.494. The summed E-state index contributed by atoms with van der Waals surface area (Å²) in [7, 11) is 0. The van der Waals surface area contributed by atoms with Crippen LogP contribution in [0.4, 0.5) is 0 Å². The Hall–Kier alpha value is 0.1000. The van der Waals surface area contributed by atoms with Crippen LogP contribution in [-0.4, -0.2) is 19.3 Å². The number of hydrogen-bond donors (Lipinski definition) is 1. The molecular formula is C12H18BrNOS. The molecule has 1 unspecified atom stereocenters.